The number of amides is 1. The third-order valence-electron chi connectivity index (χ3n) is 2.85. The fourth-order valence-corrected chi connectivity index (χ4v) is 2.29. The summed E-state index contributed by atoms with van der Waals surface area (Å²) in [4.78, 5) is 17.5. The predicted molar refractivity (Wildman–Crippen MR) is 84.2 cm³/mol. The molecule has 20 heavy (non-hydrogen) atoms. The second-order valence-electron chi connectivity index (χ2n) is 4.31. The summed E-state index contributed by atoms with van der Waals surface area (Å²) in [7, 11) is 0. The summed E-state index contributed by atoms with van der Waals surface area (Å²) in [6, 6.07) is 11.1. The van der Waals surface area contributed by atoms with Gasteiger partial charge in [-0.2, -0.15) is 0 Å². The van der Waals surface area contributed by atoms with E-state index >= 15 is 0 Å². The van der Waals surface area contributed by atoms with Crippen molar-refractivity contribution in [2.45, 2.75) is 18.2 Å². The zero-order chi connectivity index (χ0) is 14.5. The summed E-state index contributed by atoms with van der Waals surface area (Å²) in [6.07, 6.45) is 2.74. The molecule has 0 radical (unpaired) electrons. The SMILES string of the molecule is CCc1cc(C(=O)Nc2cccc(SC)c2)cc(N)n1. The van der Waals surface area contributed by atoms with E-state index in [0.29, 0.717) is 11.4 Å². The number of rotatable bonds is 4. The van der Waals surface area contributed by atoms with E-state index in [9.17, 15) is 4.79 Å². The fraction of sp³-hybridized carbons (Fsp3) is 0.200. The van der Waals surface area contributed by atoms with Crippen molar-refractivity contribution in [1.82, 2.24) is 4.98 Å². The topological polar surface area (TPSA) is 68.0 Å². The molecule has 1 aromatic carbocycles. The Bertz CT molecular complexity index is 628. The van der Waals surface area contributed by atoms with Crippen molar-refractivity contribution >= 4 is 29.2 Å². The number of nitrogens with two attached hydrogens (primary N) is 1. The van der Waals surface area contributed by atoms with E-state index < -0.39 is 0 Å². The highest BCUT2D eigenvalue weighted by molar-refractivity contribution is 7.98. The molecule has 0 unspecified atom stereocenters. The molecule has 3 N–H and O–H groups in total. The number of aromatic nitrogens is 1. The van der Waals surface area contributed by atoms with E-state index in [-0.39, 0.29) is 5.91 Å². The zero-order valence-corrected chi connectivity index (χ0v) is 12.3. The molecule has 1 amide bonds. The summed E-state index contributed by atoms with van der Waals surface area (Å²) < 4.78 is 0. The second kappa shape index (κ2) is 6.43. The van der Waals surface area contributed by atoms with Crippen molar-refractivity contribution in [3.05, 3.63) is 47.7 Å². The fourth-order valence-electron chi connectivity index (χ4n) is 1.83. The van der Waals surface area contributed by atoms with Crippen molar-refractivity contribution in [1.29, 1.82) is 0 Å². The number of nitrogens with one attached hydrogen (secondary N) is 1. The maximum Gasteiger partial charge on any atom is 0.255 e. The lowest BCUT2D eigenvalue weighted by atomic mass is 10.1. The monoisotopic (exact) mass is 287 g/mol. The van der Waals surface area contributed by atoms with Gasteiger partial charge < -0.3 is 11.1 Å². The van der Waals surface area contributed by atoms with Crippen LogP contribution in [0, 0.1) is 0 Å². The Hall–Kier alpha value is -2.01. The van der Waals surface area contributed by atoms with Crippen LogP contribution in [0.15, 0.2) is 41.3 Å². The Balaban J connectivity index is 2.21. The molecule has 4 nitrogen and oxygen atoms in total. The number of benzene rings is 1. The van der Waals surface area contributed by atoms with E-state index in [1.807, 2.05) is 37.4 Å². The van der Waals surface area contributed by atoms with Crippen LogP contribution in [-0.2, 0) is 6.42 Å². The van der Waals surface area contributed by atoms with Gasteiger partial charge in [0.05, 0.1) is 0 Å². The molecule has 0 fully saturated rings. The number of nitrogens with zero attached hydrogens (tertiary/aromatic N) is 1. The van der Waals surface area contributed by atoms with Gasteiger partial charge in [-0.05, 0) is 43.0 Å². The Morgan fingerprint density at radius 2 is 2.15 bits per heavy atom. The summed E-state index contributed by atoms with van der Waals surface area (Å²) in [5.74, 6) is 0.194. The number of hydrogen-bond donors (Lipinski definition) is 2. The molecule has 2 aromatic rings. The average Bonchev–Trinajstić information content (AvgIpc) is 2.46. The van der Waals surface area contributed by atoms with Crippen molar-refractivity contribution in [2.24, 2.45) is 0 Å². The molecule has 104 valence electrons. The van der Waals surface area contributed by atoms with Crippen molar-refractivity contribution < 1.29 is 4.79 Å². The number of aryl methyl sites for hydroxylation is 1. The second-order valence-corrected chi connectivity index (χ2v) is 5.19. The molecular weight excluding hydrogens is 270 g/mol. The molecule has 1 heterocycles. The first-order valence-corrected chi connectivity index (χ1v) is 7.56. The molecule has 0 aliphatic carbocycles. The lowest BCUT2D eigenvalue weighted by Crippen LogP contribution is -2.13. The maximum atomic E-state index is 12.2. The van der Waals surface area contributed by atoms with E-state index in [4.69, 9.17) is 5.73 Å². The van der Waals surface area contributed by atoms with Gasteiger partial charge in [0.15, 0.2) is 0 Å². The van der Waals surface area contributed by atoms with Gasteiger partial charge in [-0.3, -0.25) is 4.79 Å². The van der Waals surface area contributed by atoms with Gasteiger partial charge in [0.1, 0.15) is 5.82 Å². The van der Waals surface area contributed by atoms with Gasteiger partial charge in [-0.1, -0.05) is 13.0 Å². The van der Waals surface area contributed by atoms with Gasteiger partial charge in [0, 0.05) is 21.8 Å². The standard InChI is InChI=1S/C15H17N3OS/c1-3-11-7-10(8-14(16)17-11)15(19)18-12-5-4-6-13(9-12)20-2/h4-9H,3H2,1-2H3,(H2,16,17)(H,18,19). The molecule has 0 spiro atoms. The van der Waals surface area contributed by atoms with Gasteiger partial charge in [-0.15, -0.1) is 11.8 Å². The summed E-state index contributed by atoms with van der Waals surface area (Å²) in [6.45, 7) is 1.98. The quantitative estimate of drug-likeness (QED) is 0.847. The minimum absolute atomic E-state index is 0.174. The summed E-state index contributed by atoms with van der Waals surface area (Å²) in [5, 5.41) is 2.88. The van der Waals surface area contributed by atoms with Crippen molar-refractivity contribution in [2.75, 3.05) is 17.3 Å². The van der Waals surface area contributed by atoms with Crippen LogP contribution in [0.1, 0.15) is 23.0 Å². The lowest BCUT2D eigenvalue weighted by molar-refractivity contribution is 0.102. The molecule has 0 saturated heterocycles. The summed E-state index contributed by atoms with van der Waals surface area (Å²) >= 11 is 1.63. The van der Waals surface area contributed by atoms with E-state index in [1.165, 1.54) is 0 Å². The largest absolute Gasteiger partial charge is 0.384 e. The van der Waals surface area contributed by atoms with Crippen LogP contribution >= 0.6 is 11.8 Å². The highest BCUT2D eigenvalue weighted by atomic mass is 32.2. The van der Waals surface area contributed by atoms with Gasteiger partial charge in [0.2, 0.25) is 0 Å². The minimum atomic E-state index is -0.174. The summed E-state index contributed by atoms with van der Waals surface area (Å²) in [5.41, 5.74) is 7.84. The Morgan fingerprint density at radius 1 is 1.35 bits per heavy atom. The van der Waals surface area contributed by atoms with Crippen LogP contribution in [0.25, 0.3) is 0 Å². The number of pyridine rings is 1. The van der Waals surface area contributed by atoms with Crippen LogP contribution in [0.5, 0.6) is 0 Å². The van der Waals surface area contributed by atoms with Crippen LogP contribution in [0.3, 0.4) is 0 Å². The molecule has 0 aliphatic heterocycles. The van der Waals surface area contributed by atoms with Crippen LogP contribution < -0.4 is 11.1 Å². The number of hydrogen-bond acceptors (Lipinski definition) is 4. The van der Waals surface area contributed by atoms with E-state index in [1.54, 1.807) is 23.9 Å². The highest BCUT2D eigenvalue weighted by Crippen LogP contribution is 2.20. The molecule has 0 aliphatic rings. The Labute approximate surface area is 122 Å². The third kappa shape index (κ3) is 3.51. The first-order valence-electron chi connectivity index (χ1n) is 6.34. The molecule has 0 atom stereocenters. The minimum Gasteiger partial charge on any atom is -0.384 e. The smallest absolute Gasteiger partial charge is 0.255 e. The molecule has 0 bridgehead atoms. The predicted octanol–water partition coefficient (Wildman–Crippen LogP) is 3.20. The van der Waals surface area contributed by atoms with Crippen LogP contribution in [0.4, 0.5) is 11.5 Å². The molecular formula is C15H17N3OS. The van der Waals surface area contributed by atoms with Gasteiger partial charge in [0.25, 0.3) is 5.91 Å². The Kier molecular flexibility index (Phi) is 4.63. The van der Waals surface area contributed by atoms with E-state index in [2.05, 4.69) is 10.3 Å². The van der Waals surface area contributed by atoms with Crippen molar-refractivity contribution in [3.8, 4) is 0 Å². The van der Waals surface area contributed by atoms with Crippen molar-refractivity contribution in [3.63, 3.8) is 0 Å². The number of anilines is 2. The number of nitrogen functional groups attached to an aromatic ring is 1. The molecule has 2 rings (SSSR count). The molecule has 1 aromatic heterocycles. The molecule has 5 heteroatoms. The number of thioether (sulfide) groups is 1. The number of carbonyl (C=O) groups excluding carboxylic acids is 1. The first-order chi connectivity index (χ1) is 9.62. The lowest BCUT2D eigenvalue weighted by Gasteiger charge is -2.08. The van der Waals surface area contributed by atoms with Crippen LogP contribution in [-0.4, -0.2) is 17.1 Å². The normalized spacial score (nSPS) is 10.3. The average molecular weight is 287 g/mol. The Morgan fingerprint density at radius 3 is 2.85 bits per heavy atom. The first kappa shape index (κ1) is 14.4. The zero-order valence-electron chi connectivity index (χ0n) is 11.5. The van der Waals surface area contributed by atoms with Crippen LogP contribution in [0.2, 0.25) is 0 Å². The molecule has 0 saturated carbocycles. The number of carbonyl (C=O) groups is 1. The van der Waals surface area contributed by atoms with Gasteiger partial charge in [-0.25, -0.2) is 4.98 Å². The maximum absolute atomic E-state index is 12.2. The third-order valence-corrected chi connectivity index (χ3v) is 3.58. The highest BCUT2D eigenvalue weighted by Gasteiger charge is 2.09. The van der Waals surface area contributed by atoms with E-state index in [0.717, 1.165) is 22.7 Å². The van der Waals surface area contributed by atoms with Gasteiger partial charge >= 0.3 is 0 Å².